The summed E-state index contributed by atoms with van der Waals surface area (Å²) in [7, 11) is 3.23. The van der Waals surface area contributed by atoms with Crippen molar-refractivity contribution in [1.29, 1.82) is 0 Å². The average Bonchev–Trinajstić information content (AvgIpc) is 2.61. The molecule has 0 aliphatic heterocycles. The standard InChI is InChI=1S/C19H31NO3/c1-14(20-12-11-15-7-5-4-6-8-15)19(21)16-9-10-17(22-2)18(13-16)23-3/h9-10,13-15,19-21H,4-8,11-12H2,1-3H3. The third kappa shape index (κ3) is 5.11. The van der Waals surface area contributed by atoms with Crippen molar-refractivity contribution in [3.8, 4) is 11.5 Å². The molecule has 1 aliphatic carbocycles. The van der Waals surface area contributed by atoms with E-state index >= 15 is 0 Å². The summed E-state index contributed by atoms with van der Waals surface area (Å²) in [5.74, 6) is 2.20. The van der Waals surface area contributed by atoms with Gasteiger partial charge in [0.25, 0.3) is 0 Å². The molecule has 4 heteroatoms. The summed E-state index contributed by atoms with van der Waals surface area (Å²) in [5, 5.41) is 14.0. The minimum Gasteiger partial charge on any atom is -0.493 e. The molecule has 0 aromatic heterocycles. The maximum atomic E-state index is 10.6. The molecule has 0 bridgehead atoms. The largest absolute Gasteiger partial charge is 0.493 e. The predicted octanol–water partition coefficient (Wildman–Crippen LogP) is 3.69. The zero-order valence-corrected chi connectivity index (χ0v) is 14.7. The minimum atomic E-state index is -0.554. The van der Waals surface area contributed by atoms with Crippen LogP contribution in [0.5, 0.6) is 11.5 Å². The van der Waals surface area contributed by atoms with Gasteiger partial charge in [-0.2, -0.15) is 0 Å². The molecule has 0 heterocycles. The number of methoxy groups -OCH3 is 2. The van der Waals surface area contributed by atoms with Gasteiger partial charge in [0.15, 0.2) is 11.5 Å². The van der Waals surface area contributed by atoms with Gasteiger partial charge in [0.2, 0.25) is 0 Å². The summed E-state index contributed by atoms with van der Waals surface area (Å²) in [6.45, 7) is 3.00. The smallest absolute Gasteiger partial charge is 0.161 e. The Kier molecular flexibility index (Phi) is 7.18. The van der Waals surface area contributed by atoms with E-state index in [0.717, 1.165) is 18.0 Å². The van der Waals surface area contributed by atoms with E-state index in [-0.39, 0.29) is 6.04 Å². The molecule has 2 rings (SSSR count). The van der Waals surface area contributed by atoms with E-state index in [0.29, 0.717) is 11.5 Å². The molecule has 0 radical (unpaired) electrons. The van der Waals surface area contributed by atoms with Crippen LogP contribution in [0.2, 0.25) is 0 Å². The van der Waals surface area contributed by atoms with Gasteiger partial charge in [-0.05, 0) is 43.5 Å². The van der Waals surface area contributed by atoms with Crippen molar-refractivity contribution >= 4 is 0 Å². The Balaban J connectivity index is 1.84. The van der Waals surface area contributed by atoms with Crippen LogP contribution in [-0.2, 0) is 0 Å². The van der Waals surface area contributed by atoms with Gasteiger partial charge in [0.1, 0.15) is 0 Å². The second kappa shape index (κ2) is 9.14. The molecule has 130 valence electrons. The van der Waals surface area contributed by atoms with Crippen LogP contribution in [0.25, 0.3) is 0 Å². The Morgan fingerprint density at radius 3 is 2.48 bits per heavy atom. The number of rotatable bonds is 8. The Hall–Kier alpha value is -1.26. The fourth-order valence-electron chi connectivity index (χ4n) is 3.43. The highest BCUT2D eigenvalue weighted by Gasteiger charge is 2.19. The molecule has 0 spiro atoms. The molecule has 1 aromatic carbocycles. The van der Waals surface area contributed by atoms with Crippen LogP contribution in [0, 0.1) is 5.92 Å². The van der Waals surface area contributed by atoms with Crippen LogP contribution in [0.15, 0.2) is 18.2 Å². The normalized spacial score (nSPS) is 18.4. The zero-order chi connectivity index (χ0) is 16.7. The minimum absolute atomic E-state index is 0.0108. The topological polar surface area (TPSA) is 50.7 Å². The van der Waals surface area contributed by atoms with Crippen LogP contribution >= 0.6 is 0 Å². The molecule has 23 heavy (non-hydrogen) atoms. The second-order valence-corrected chi connectivity index (χ2v) is 6.59. The number of aliphatic hydroxyl groups is 1. The first kappa shape index (κ1) is 18.1. The predicted molar refractivity (Wildman–Crippen MR) is 93.2 cm³/mol. The Morgan fingerprint density at radius 1 is 1.13 bits per heavy atom. The summed E-state index contributed by atoms with van der Waals surface area (Å²) in [6, 6.07) is 5.59. The van der Waals surface area contributed by atoms with Gasteiger partial charge in [-0.15, -0.1) is 0 Å². The lowest BCUT2D eigenvalue weighted by Crippen LogP contribution is -2.33. The molecule has 1 aromatic rings. The molecule has 0 saturated heterocycles. The van der Waals surface area contributed by atoms with Crippen LogP contribution in [0.4, 0.5) is 0 Å². The monoisotopic (exact) mass is 321 g/mol. The Morgan fingerprint density at radius 2 is 1.83 bits per heavy atom. The summed E-state index contributed by atoms with van der Waals surface area (Å²) in [5.41, 5.74) is 0.848. The number of hydrogen-bond acceptors (Lipinski definition) is 4. The van der Waals surface area contributed by atoms with Gasteiger partial charge in [-0.25, -0.2) is 0 Å². The lowest BCUT2D eigenvalue weighted by molar-refractivity contribution is 0.134. The van der Waals surface area contributed by atoms with E-state index < -0.39 is 6.10 Å². The lowest BCUT2D eigenvalue weighted by atomic mass is 9.87. The van der Waals surface area contributed by atoms with E-state index in [1.54, 1.807) is 14.2 Å². The fourth-order valence-corrected chi connectivity index (χ4v) is 3.43. The van der Waals surface area contributed by atoms with Gasteiger partial charge in [-0.1, -0.05) is 38.2 Å². The van der Waals surface area contributed by atoms with Crippen molar-refractivity contribution in [3.63, 3.8) is 0 Å². The van der Waals surface area contributed by atoms with Crippen molar-refractivity contribution in [3.05, 3.63) is 23.8 Å². The number of benzene rings is 1. The van der Waals surface area contributed by atoms with Gasteiger partial charge < -0.3 is 19.9 Å². The molecular weight excluding hydrogens is 290 g/mol. The van der Waals surface area contributed by atoms with E-state index in [4.69, 9.17) is 9.47 Å². The summed E-state index contributed by atoms with van der Waals surface area (Å²) < 4.78 is 10.6. The molecule has 2 atom stereocenters. The number of hydrogen-bond donors (Lipinski definition) is 2. The summed E-state index contributed by atoms with van der Waals surface area (Å²) in [4.78, 5) is 0. The zero-order valence-electron chi connectivity index (χ0n) is 14.7. The van der Waals surface area contributed by atoms with Crippen molar-refractivity contribution in [2.45, 2.75) is 57.6 Å². The van der Waals surface area contributed by atoms with E-state index in [2.05, 4.69) is 5.32 Å². The fraction of sp³-hybridized carbons (Fsp3) is 0.684. The molecule has 4 nitrogen and oxygen atoms in total. The van der Waals surface area contributed by atoms with Crippen molar-refractivity contribution in [2.24, 2.45) is 5.92 Å². The maximum absolute atomic E-state index is 10.6. The van der Waals surface area contributed by atoms with Crippen molar-refractivity contribution < 1.29 is 14.6 Å². The van der Waals surface area contributed by atoms with Gasteiger partial charge in [0, 0.05) is 6.04 Å². The quantitative estimate of drug-likeness (QED) is 0.767. The lowest BCUT2D eigenvalue weighted by Gasteiger charge is -2.25. The summed E-state index contributed by atoms with van der Waals surface area (Å²) in [6.07, 6.45) is 7.56. The van der Waals surface area contributed by atoms with Gasteiger partial charge in [0.05, 0.1) is 20.3 Å². The van der Waals surface area contributed by atoms with Crippen LogP contribution in [0.1, 0.15) is 57.1 Å². The maximum Gasteiger partial charge on any atom is 0.161 e. The average molecular weight is 321 g/mol. The highest BCUT2D eigenvalue weighted by molar-refractivity contribution is 5.43. The number of nitrogens with one attached hydrogen (secondary N) is 1. The van der Waals surface area contributed by atoms with Crippen molar-refractivity contribution in [1.82, 2.24) is 5.32 Å². The molecular formula is C19H31NO3. The molecule has 2 unspecified atom stereocenters. The first-order valence-corrected chi connectivity index (χ1v) is 8.79. The SMILES string of the molecule is COc1ccc(C(O)C(C)NCCC2CCCCC2)cc1OC. The highest BCUT2D eigenvalue weighted by Crippen LogP contribution is 2.31. The number of ether oxygens (including phenoxy) is 2. The number of aliphatic hydroxyl groups excluding tert-OH is 1. The third-order valence-corrected chi connectivity index (χ3v) is 4.97. The Bertz CT molecular complexity index is 472. The first-order valence-electron chi connectivity index (χ1n) is 8.79. The van der Waals surface area contributed by atoms with E-state index in [9.17, 15) is 5.11 Å². The van der Waals surface area contributed by atoms with Crippen LogP contribution < -0.4 is 14.8 Å². The third-order valence-electron chi connectivity index (χ3n) is 4.97. The highest BCUT2D eigenvalue weighted by atomic mass is 16.5. The van der Waals surface area contributed by atoms with Crippen LogP contribution in [-0.4, -0.2) is 31.9 Å². The molecule has 1 saturated carbocycles. The van der Waals surface area contributed by atoms with Crippen molar-refractivity contribution in [2.75, 3.05) is 20.8 Å². The first-order chi connectivity index (χ1) is 11.2. The molecule has 2 N–H and O–H groups in total. The summed E-state index contributed by atoms with van der Waals surface area (Å²) >= 11 is 0. The van der Waals surface area contributed by atoms with Crippen LogP contribution in [0.3, 0.4) is 0 Å². The molecule has 1 aliphatic rings. The van der Waals surface area contributed by atoms with E-state index in [1.165, 1.54) is 38.5 Å². The Labute approximate surface area is 140 Å². The van der Waals surface area contributed by atoms with Gasteiger partial charge in [-0.3, -0.25) is 0 Å². The molecule has 1 fully saturated rings. The molecule has 0 amide bonds. The second-order valence-electron chi connectivity index (χ2n) is 6.59. The van der Waals surface area contributed by atoms with E-state index in [1.807, 2.05) is 25.1 Å². The van der Waals surface area contributed by atoms with Gasteiger partial charge >= 0.3 is 0 Å².